The first-order valence-corrected chi connectivity index (χ1v) is 10.9. The Morgan fingerprint density at radius 1 is 1.20 bits per heavy atom. The molecule has 182 valence electrons. The predicted octanol–water partition coefficient (Wildman–Crippen LogP) is 4.19. The summed E-state index contributed by atoms with van der Waals surface area (Å²) < 4.78 is 17.2. The summed E-state index contributed by atoms with van der Waals surface area (Å²) in [5.41, 5.74) is 0.00178. The van der Waals surface area contributed by atoms with Gasteiger partial charge in [0.25, 0.3) is 5.91 Å². The fourth-order valence-electron chi connectivity index (χ4n) is 3.36. The minimum absolute atomic E-state index is 0.0141. The van der Waals surface area contributed by atoms with Gasteiger partial charge >= 0.3 is 12.1 Å². The van der Waals surface area contributed by atoms with Crippen LogP contribution >= 0.6 is 11.6 Å². The molecule has 4 aromatic rings. The Labute approximate surface area is 204 Å². The maximum Gasteiger partial charge on any atom is 0.413 e. The van der Waals surface area contributed by atoms with E-state index in [4.69, 9.17) is 25.5 Å². The second-order valence-electron chi connectivity index (χ2n) is 8.50. The molecule has 0 radical (unpaired) electrons. The number of fused-ring (bicyclic) bond motifs is 2. The molecule has 3 aromatic heterocycles. The van der Waals surface area contributed by atoms with Crippen LogP contribution in [0.5, 0.6) is 0 Å². The van der Waals surface area contributed by atoms with Crippen LogP contribution in [0.15, 0.2) is 41.1 Å². The van der Waals surface area contributed by atoms with Gasteiger partial charge in [0.2, 0.25) is 0 Å². The van der Waals surface area contributed by atoms with Gasteiger partial charge in [-0.1, -0.05) is 11.6 Å². The third kappa shape index (κ3) is 5.19. The fourth-order valence-corrected chi connectivity index (χ4v) is 3.58. The van der Waals surface area contributed by atoms with Crippen molar-refractivity contribution in [3.8, 4) is 0 Å². The van der Waals surface area contributed by atoms with Gasteiger partial charge in [0.05, 0.1) is 13.7 Å². The summed E-state index contributed by atoms with van der Waals surface area (Å²) in [5.74, 6) is -0.805. The van der Waals surface area contributed by atoms with Crippen molar-refractivity contribution in [2.24, 2.45) is 0 Å². The number of amides is 2. The number of hydrogen-bond acceptors (Lipinski definition) is 8. The van der Waals surface area contributed by atoms with E-state index in [0.717, 1.165) is 0 Å². The highest BCUT2D eigenvalue weighted by Crippen LogP contribution is 2.28. The summed E-state index contributed by atoms with van der Waals surface area (Å²) in [6, 6.07) is 6.37. The highest BCUT2D eigenvalue weighted by molar-refractivity contribution is 6.32. The van der Waals surface area contributed by atoms with E-state index in [1.807, 2.05) is 0 Å². The Hall–Kier alpha value is -4.12. The van der Waals surface area contributed by atoms with Crippen LogP contribution < -0.4 is 10.6 Å². The van der Waals surface area contributed by atoms with Gasteiger partial charge in [0.1, 0.15) is 28.1 Å². The quantitative estimate of drug-likeness (QED) is 0.390. The number of carbonyl (C=O) groups is 3. The first-order valence-electron chi connectivity index (χ1n) is 10.5. The highest BCUT2D eigenvalue weighted by Gasteiger charge is 2.25. The number of nitrogens with one attached hydrogen (secondary N) is 2. The molecular formula is C23H22ClN5O6. The van der Waals surface area contributed by atoms with E-state index >= 15 is 0 Å². The Bertz CT molecular complexity index is 1450. The number of esters is 1. The molecule has 0 spiro atoms. The van der Waals surface area contributed by atoms with Crippen molar-refractivity contribution in [3.63, 3.8) is 0 Å². The van der Waals surface area contributed by atoms with Gasteiger partial charge in [0, 0.05) is 22.8 Å². The van der Waals surface area contributed by atoms with E-state index in [2.05, 4.69) is 20.7 Å². The largest absolute Gasteiger partial charge is 0.465 e. The zero-order valence-electron chi connectivity index (χ0n) is 19.3. The molecule has 4 rings (SSSR count). The molecule has 3 heterocycles. The van der Waals surface area contributed by atoms with Crippen molar-refractivity contribution >= 4 is 52.0 Å². The summed E-state index contributed by atoms with van der Waals surface area (Å²) in [6.07, 6.45) is 2.33. The van der Waals surface area contributed by atoms with Crippen molar-refractivity contribution < 1.29 is 28.3 Å². The molecule has 0 unspecified atom stereocenters. The Balaban J connectivity index is 1.60. The van der Waals surface area contributed by atoms with Crippen molar-refractivity contribution in [2.75, 3.05) is 12.4 Å². The summed E-state index contributed by atoms with van der Waals surface area (Å²) in [6.45, 7) is 5.13. The predicted molar refractivity (Wildman–Crippen MR) is 127 cm³/mol. The molecule has 0 aliphatic rings. The third-order valence-electron chi connectivity index (χ3n) is 4.70. The average Bonchev–Trinajstić information content (AvgIpc) is 3.35. The first kappa shape index (κ1) is 24.0. The maximum absolute atomic E-state index is 13.1. The summed E-state index contributed by atoms with van der Waals surface area (Å²) in [7, 11) is 1.26. The third-order valence-corrected chi connectivity index (χ3v) is 4.92. The molecule has 0 fully saturated rings. The molecule has 1 aromatic carbocycles. The highest BCUT2D eigenvalue weighted by atomic mass is 35.5. The summed E-state index contributed by atoms with van der Waals surface area (Å²) >= 11 is 6.10. The minimum Gasteiger partial charge on any atom is -0.465 e. The maximum atomic E-state index is 13.1. The number of rotatable bonds is 5. The van der Waals surface area contributed by atoms with E-state index in [-0.39, 0.29) is 34.7 Å². The average molecular weight is 500 g/mol. The van der Waals surface area contributed by atoms with Gasteiger partial charge < -0.3 is 19.2 Å². The first-order chi connectivity index (χ1) is 16.6. The van der Waals surface area contributed by atoms with Gasteiger partial charge in [-0.05, 0) is 45.0 Å². The second kappa shape index (κ2) is 9.26. The smallest absolute Gasteiger partial charge is 0.413 e. The van der Waals surface area contributed by atoms with E-state index < -0.39 is 23.6 Å². The Morgan fingerprint density at radius 2 is 1.97 bits per heavy atom. The van der Waals surface area contributed by atoms with Crippen LogP contribution in [-0.4, -0.2) is 45.3 Å². The van der Waals surface area contributed by atoms with E-state index in [9.17, 15) is 14.4 Å². The Morgan fingerprint density at radius 3 is 2.69 bits per heavy atom. The number of nitrogens with zero attached hydrogens (tertiary/aromatic N) is 3. The molecule has 0 bridgehead atoms. The van der Waals surface area contributed by atoms with Crippen LogP contribution in [0.3, 0.4) is 0 Å². The van der Waals surface area contributed by atoms with Gasteiger partial charge in [0.15, 0.2) is 11.5 Å². The lowest BCUT2D eigenvalue weighted by Gasteiger charge is -2.19. The van der Waals surface area contributed by atoms with Crippen molar-refractivity contribution in [1.82, 2.24) is 19.9 Å². The Kier molecular flexibility index (Phi) is 6.35. The lowest BCUT2D eigenvalue weighted by Crippen LogP contribution is -2.29. The number of carbonyl (C=O) groups excluding carboxylic acids is 3. The van der Waals surface area contributed by atoms with Gasteiger partial charge in [-0.3, -0.25) is 10.1 Å². The second-order valence-corrected chi connectivity index (χ2v) is 8.93. The van der Waals surface area contributed by atoms with Crippen molar-refractivity contribution in [1.29, 1.82) is 0 Å². The number of ether oxygens (including phenoxy) is 2. The lowest BCUT2D eigenvalue weighted by atomic mass is 10.1. The number of anilines is 1. The number of furan rings is 1. The molecule has 11 nitrogen and oxygen atoms in total. The molecule has 12 heteroatoms. The van der Waals surface area contributed by atoms with E-state index in [0.29, 0.717) is 16.2 Å². The topological polar surface area (TPSA) is 137 Å². The zero-order chi connectivity index (χ0) is 25.3. The number of aromatic nitrogens is 3. The summed E-state index contributed by atoms with van der Waals surface area (Å²) in [5, 5.41) is 10.4. The van der Waals surface area contributed by atoms with E-state index in [1.54, 1.807) is 45.2 Å². The van der Waals surface area contributed by atoms with Crippen LogP contribution in [0.4, 0.5) is 10.6 Å². The van der Waals surface area contributed by atoms with Crippen LogP contribution in [0, 0.1) is 0 Å². The SMILES string of the molecule is COC(=O)c1cc(Cl)cc2cc(CNC(=O)c3c(NC(=O)OC(C)(C)C)nn4cccnc34)oc12. The minimum atomic E-state index is -0.764. The normalized spacial score (nSPS) is 11.5. The molecule has 0 atom stereocenters. The molecule has 2 N–H and O–H groups in total. The zero-order valence-corrected chi connectivity index (χ0v) is 20.1. The van der Waals surface area contributed by atoms with Gasteiger partial charge in [-0.25, -0.2) is 19.1 Å². The van der Waals surface area contributed by atoms with Crippen LogP contribution in [-0.2, 0) is 16.0 Å². The number of methoxy groups -OCH3 is 1. The number of halogens is 1. The molecule has 0 aliphatic carbocycles. The van der Waals surface area contributed by atoms with Crippen LogP contribution in [0.25, 0.3) is 16.6 Å². The molecule has 35 heavy (non-hydrogen) atoms. The van der Waals surface area contributed by atoms with Crippen LogP contribution in [0.1, 0.15) is 47.2 Å². The standard InChI is InChI=1S/C23H22ClN5O6/c1-23(2,3)35-22(32)27-18-16(19-25-6-5-7-29(19)28-18)20(30)26-11-14-9-12-8-13(24)10-15(17(12)34-14)21(31)33-4/h5-10H,11H2,1-4H3,(H,26,30)(H,27,28,32). The fraction of sp³-hybridized carbons (Fsp3) is 0.261. The van der Waals surface area contributed by atoms with E-state index in [1.165, 1.54) is 23.9 Å². The van der Waals surface area contributed by atoms with Crippen molar-refractivity contribution in [3.05, 3.63) is 58.6 Å². The number of benzene rings is 1. The molecule has 2 amide bonds. The van der Waals surface area contributed by atoms with Gasteiger partial charge in [-0.15, -0.1) is 5.10 Å². The molecule has 0 saturated heterocycles. The van der Waals surface area contributed by atoms with Crippen LogP contribution in [0.2, 0.25) is 5.02 Å². The number of hydrogen-bond donors (Lipinski definition) is 2. The lowest BCUT2D eigenvalue weighted by molar-refractivity contribution is 0.0598. The molecule has 0 aliphatic heterocycles. The van der Waals surface area contributed by atoms with Gasteiger partial charge in [-0.2, -0.15) is 0 Å². The monoisotopic (exact) mass is 499 g/mol. The van der Waals surface area contributed by atoms with Crippen molar-refractivity contribution in [2.45, 2.75) is 32.9 Å². The molecule has 0 saturated carbocycles. The molecular weight excluding hydrogens is 478 g/mol. The summed E-state index contributed by atoms with van der Waals surface area (Å²) in [4.78, 5) is 41.7.